The van der Waals surface area contributed by atoms with Gasteiger partial charge in [-0.2, -0.15) is 5.26 Å². The van der Waals surface area contributed by atoms with Gasteiger partial charge >= 0.3 is 5.97 Å². The van der Waals surface area contributed by atoms with E-state index in [-0.39, 0.29) is 24.2 Å². The number of imidazole rings is 1. The highest BCUT2D eigenvalue weighted by Crippen LogP contribution is 2.30. The summed E-state index contributed by atoms with van der Waals surface area (Å²) < 4.78 is 27.9. The molecule has 242 valence electrons. The fourth-order valence-corrected chi connectivity index (χ4v) is 6.22. The topological polar surface area (TPSA) is 102 Å². The molecule has 2 fully saturated rings. The average molecular weight is 652 g/mol. The van der Waals surface area contributed by atoms with E-state index < -0.39 is 19.9 Å². The van der Waals surface area contributed by atoms with E-state index in [1.54, 1.807) is 29.3 Å². The summed E-state index contributed by atoms with van der Waals surface area (Å²) in [7, 11) is -1.68. The van der Waals surface area contributed by atoms with Crippen molar-refractivity contribution in [2.24, 2.45) is 0 Å². The molecule has 2 aromatic carbocycles. The maximum Gasteiger partial charge on any atom is 0.357 e. The molecule has 9 nitrogen and oxygen atoms in total. The van der Waals surface area contributed by atoms with E-state index >= 15 is 0 Å². The summed E-state index contributed by atoms with van der Waals surface area (Å²) in [6.07, 6.45) is 2.64. The smallest absolute Gasteiger partial charge is 0.357 e. The van der Waals surface area contributed by atoms with E-state index in [0.717, 1.165) is 54.0 Å². The largest absolute Gasteiger partial charge is 0.473 e. The van der Waals surface area contributed by atoms with E-state index in [1.807, 2.05) is 31.2 Å². The van der Waals surface area contributed by atoms with Gasteiger partial charge in [0.05, 0.1) is 40.9 Å². The summed E-state index contributed by atoms with van der Waals surface area (Å²) in [6.45, 7) is 11.1. The van der Waals surface area contributed by atoms with Crippen LogP contribution in [-0.2, 0) is 22.7 Å². The number of hydrogen-bond acceptors (Lipinski definition) is 8. The minimum Gasteiger partial charge on any atom is -0.473 e. The van der Waals surface area contributed by atoms with Gasteiger partial charge in [0.25, 0.3) is 0 Å². The van der Waals surface area contributed by atoms with Crippen LogP contribution in [0, 0.1) is 35.5 Å². The molecule has 0 spiro atoms. The van der Waals surface area contributed by atoms with Crippen LogP contribution in [0.1, 0.15) is 63.7 Å². The molecule has 0 radical (unpaired) electrons. The summed E-state index contributed by atoms with van der Waals surface area (Å²) in [5.74, 6) is 3.86. The third-order valence-corrected chi connectivity index (χ3v) is 9.29. The lowest BCUT2D eigenvalue weighted by Crippen LogP contribution is -2.35. The number of benzene rings is 2. The number of carbonyl (C=O) groups is 1. The van der Waals surface area contributed by atoms with Crippen LogP contribution < -0.4 is 4.74 Å². The zero-order valence-corrected chi connectivity index (χ0v) is 28.2. The fraction of sp³-hybridized carbons (Fsp3) is 0.389. The van der Waals surface area contributed by atoms with E-state index in [0.29, 0.717) is 36.6 Å². The molecule has 0 amide bonds. The molecule has 11 heteroatoms. The Morgan fingerprint density at radius 3 is 2.57 bits per heavy atom. The number of pyridine rings is 1. The van der Waals surface area contributed by atoms with Gasteiger partial charge in [-0.25, -0.2) is 19.2 Å². The minimum absolute atomic E-state index is 0.00827. The number of nitrogens with zero attached hydrogens (tertiary/aromatic N) is 5. The third kappa shape index (κ3) is 7.71. The van der Waals surface area contributed by atoms with Gasteiger partial charge in [0.15, 0.2) is 0 Å². The first-order valence-corrected chi connectivity index (χ1v) is 19.5. The standard InChI is InChI=1S/C36H38FN5O4Si/c1-24-39-35-27(13-17-47(2,3)4)19-29(20-33(35)42(24)22-30-12-16-44-30)36(43)46-41-14-10-26(11-15-41)32-6-5-7-34(40-32)45-23-28-9-8-25(21-38)18-31(28)37/h5-9,18-20,26,30H,10-12,14-16,22-23H2,1-4H3. The summed E-state index contributed by atoms with van der Waals surface area (Å²) in [6, 6.07) is 15.5. The second-order valence-corrected chi connectivity index (χ2v) is 17.9. The van der Waals surface area contributed by atoms with Gasteiger partial charge < -0.3 is 18.9 Å². The molecule has 6 rings (SSSR count). The van der Waals surface area contributed by atoms with E-state index in [2.05, 4.69) is 40.7 Å². The van der Waals surface area contributed by atoms with Gasteiger partial charge in [0.2, 0.25) is 5.88 Å². The number of ether oxygens (including phenoxy) is 2. The molecule has 0 N–H and O–H groups in total. The van der Waals surface area contributed by atoms with Crippen molar-refractivity contribution in [2.45, 2.75) is 71.0 Å². The Bertz CT molecular complexity index is 1910. The van der Waals surface area contributed by atoms with Gasteiger partial charge in [-0.15, -0.1) is 10.6 Å². The molecule has 4 heterocycles. The number of rotatable bonds is 8. The van der Waals surface area contributed by atoms with E-state index in [9.17, 15) is 9.18 Å². The molecular weight excluding hydrogens is 614 g/mol. The van der Waals surface area contributed by atoms with Gasteiger partial charge in [0, 0.05) is 42.9 Å². The van der Waals surface area contributed by atoms with Crippen LogP contribution in [0.3, 0.4) is 0 Å². The Morgan fingerprint density at radius 1 is 1.11 bits per heavy atom. The summed E-state index contributed by atoms with van der Waals surface area (Å²) in [4.78, 5) is 29.0. The van der Waals surface area contributed by atoms with Crippen molar-refractivity contribution in [3.63, 3.8) is 0 Å². The lowest BCUT2D eigenvalue weighted by atomic mass is 9.94. The SMILES string of the molecule is Cc1nc2c(C#C[Si](C)(C)C)cc(C(=O)ON3CCC(c4cccc(OCc5ccc(C#N)cc5F)n4)CC3)cc2n1CC1CCO1. The molecular formula is C36H38FN5O4Si. The first-order valence-electron chi connectivity index (χ1n) is 16.0. The third-order valence-electron chi connectivity index (χ3n) is 8.42. The number of hydroxylamine groups is 2. The Morgan fingerprint density at radius 2 is 1.89 bits per heavy atom. The van der Waals surface area contributed by atoms with Gasteiger partial charge in [-0.05, 0) is 56.5 Å². The van der Waals surface area contributed by atoms with Crippen LogP contribution in [0.2, 0.25) is 19.6 Å². The molecule has 0 bridgehead atoms. The molecule has 4 aromatic rings. The molecule has 0 saturated carbocycles. The van der Waals surface area contributed by atoms with Crippen molar-refractivity contribution in [2.75, 3.05) is 19.7 Å². The second-order valence-electron chi connectivity index (χ2n) is 13.1. The number of nitriles is 1. The number of carbonyl (C=O) groups excluding carboxylic acids is 1. The Kier molecular flexibility index (Phi) is 9.42. The molecule has 2 aromatic heterocycles. The highest BCUT2D eigenvalue weighted by atomic mass is 28.3. The first-order chi connectivity index (χ1) is 22.6. The van der Waals surface area contributed by atoms with Crippen LogP contribution in [-0.4, -0.2) is 59.4 Å². The predicted molar refractivity (Wildman–Crippen MR) is 178 cm³/mol. The summed E-state index contributed by atoms with van der Waals surface area (Å²) in [5, 5.41) is 10.7. The zero-order valence-electron chi connectivity index (χ0n) is 27.2. The summed E-state index contributed by atoms with van der Waals surface area (Å²) >= 11 is 0. The predicted octanol–water partition coefficient (Wildman–Crippen LogP) is 6.30. The second kappa shape index (κ2) is 13.7. The number of aryl methyl sites for hydroxylation is 1. The molecule has 47 heavy (non-hydrogen) atoms. The average Bonchev–Trinajstić information content (AvgIpc) is 3.35. The number of piperidine rings is 1. The molecule has 2 saturated heterocycles. The van der Waals surface area contributed by atoms with Crippen molar-refractivity contribution in [3.8, 4) is 23.4 Å². The van der Waals surface area contributed by atoms with Crippen LogP contribution >= 0.6 is 0 Å². The lowest BCUT2D eigenvalue weighted by Gasteiger charge is -2.30. The number of halogens is 1. The lowest BCUT2D eigenvalue weighted by molar-refractivity contribution is -0.122. The minimum atomic E-state index is -1.68. The monoisotopic (exact) mass is 651 g/mol. The highest BCUT2D eigenvalue weighted by molar-refractivity contribution is 6.83. The van der Waals surface area contributed by atoms with E-state index in [4.69, 9.17) is 24.6 Å². The highest BCUT2D eigenvalue weighted by Gasteiger charge is 2.27. The van der Waals surface area contributed by atoms with Crippen LogP contribution in [0.25, 0.3) is 11.0 Å². The maximum absolute atomic E-state index is 14.3. The van der Waals surface area contributed by atoms with Gasteiger partial charge in [-0.3, -0.25) is 0 Å². The van der Waals surface area contributed by atoms with Crippen LogP contribution in [0.4, 0.5) is 4.39 Å². The fourth-order valence-electron chi connectivity index (χ4n) is 5.71. The van der Waals surface area contributed by atoms with Crippen molar-refractivity contribution in [3.05, 3.63) is 88.1 Å². The zero-order chi connectivity index (χ0) is 33.1. The number of hydrogen-bond donors (Lipinski definition) is 0. The van der Waals surface area contributed by atoms with Crippen molar-refractivity contribution in [1.29, 1.82) is 5.26 Å². The Balaban J connectivity index is 1.12. The van der Waals surface area contributed by atoms with Crippen molar-refractivity contribution >= 4 is 25.1 Å². The Hall–Kier alpha value is -4.55. The van der Waals surface area contributed by atoms with Crippen molar-refractivity contribution in [1.82, 2.24) is 19.6 Å². The maximum atomic E-state index is 14.3. The van der Waals surface area contributed by atoms with Crippen molar-refractivity contribution < 1.29 is 23.5 Å². The Labute approximate surface area is 275 Å². The van der Waals surface area contributed by atoms with Gasteiger partial charge in [0.1, 0.15) is 31.8 Å². The van der Waals surface area contributed by atoms with Gasteiger partial charge in [-0.1, -0.05) is 37.7 Å². The molecule has 1 unspecified atom stereocenters. The molecule has 1 atom stereocenters. The van der Waals surface area contributed by atoms with Crippen LogP contribution in [0.15, 0.2) is 48.5 Å². The number of aromatic nitrogens is 3. The van der Waals surface area contributed by atoms with Crippen LogP contribution in [0.5, 0.6) is 5.88 Å². The molecule has 2 aliphatic rings. The number of fused-ring (bicyclic) bond motifs is 1. The summed E-state index contributed by atoms with van der Waals surface area (Å²) in [5.41, 5.74) is 7.76. The first kappa shape index (κ1) is 32.4. The quantitative estimate of drug-likeness (QED) is 0.162. The molecule has 2 aliphatic heterocycles. The van der Waals surface area contributed by atoms with E-state index in [1.165, 1.54) is 6.07 Å². The molecule has 0 aliphatic carbocycles. The normalized spacial score (nSPS) is 17.0.